The zero-order chi connectivity index (χ0) is 15.3. The zero-order valence-electron chi connectivity index (χ0n) is 11.7. The maximum Gasteiger partial charge on any atom is 0.284 e. The van der Waals surface area contributed by atoms with Crippen LogP contribution in [0.1, 0.15) is 0 Å². The van der Waals surface area contributed by atoms with Crippen molar-refractivity contribution in [3.8, 4) is 11.1 Å². The Labute approximate surface area is 133 Å². The molecule has 0 fully saturated rings. The van der Waals surface area contributed by atoms with Gasteiger partial charge in [-0.2, -0.15) is 8.42 Å². The molecule has 0 aliphatic heterocycles. The highest BCUT2D eigenvalue weighted by Gasteiger charge is 2.19. The first-order valence-corrected chi connectivity index (χ1v) is 10.0. The van der Waals surface area contributed by atoms with Gasteiger partial charge in [0, 0.05) is 5.56 Å². The molecule has 3 nitrogen and oxygen atoms in total. The average molecular weight is 337 g/mol. The Morgan fingerprint density at radius 3 is 2.10 bits per heavy atom. The van der Waals surface area contributed by atoms with Crippen molar-refractivity contribution in [3.63, 3.8) is 0 Å². The van der Waals surface area contributed by atoms with E-state index in [9.17, 15) is 8.42 Å². The fourth-order valence-corrected chi connectivity index (χ4v) is 4.71. The van der Waals surface area contributed by atoms with Gasteiger partial charge in [-0.05, 0) is 24.1 Å². The largest absolute Gasteiger partial charge is 0.284 e. The Hall–Kier alpha value is -1.24. The number of sulfonamides is 1. The summed E-state index contributed by atoms with van der Waals surface area (Å²) in [5, 5.41) is 0. The summed E-state index contributed by atoms with van der Waals surface area (Å²) in [4.78, 5) is 0.233. The molecule has 0 aromatic heterocycles. The van der Waals surface area contributed by atoms with E-state index in [-0.39, 0.29) is 4.90 Å². The van der Waals surface area contributed by atoms with Crippen LogP contribution in [-0.4, -0.2) is 25.3 Å². The summed E-state index contributed by atoms with van der Waals surface area (Å²) < 4.78 is 29.5. The minimum absolute atomic E-state index is 0.233. The fraction of sp³-hybridized carbons (Fsp3) is 0.133. The molecule has 2 aromatic carbocycles. The van der Waals surface area contributed by atoms with E-state index >= 15 is 0 Å². The van der Waals surface area contributed by atoms with Crippen LogP contribution in [0.5, 0.6) is 0 Å². The van der Waals surface area contributed by atoms with Crippen LogP contribution in [0.25, 0.3) is 11.1 Å². The molecule has 21 heavy (non-hydrogen) atoms. The summed E-state index contributed by atoms with van der Waals surface area (Å²) >= 11 is 2.65. The molecular weight excluding hydrogens is 322 g/mol. The van der Waals surface area contributed by atoms with Crippen LogP contribution in [0, 0.1) is 0 Å². The van der Waals surface area contributed by atoms with Crippen molar-refractivity contribution in [3.05, 3.63) is 54.6 Å². The molecule has 2 rings (SSSR count). The maximum atomic E-state index is 12.5. The summed E-state index contributed by atoms with van der Waals surface area (Å²) in [6.07, 6.45) is 3.63. The lowest BCUT2D eigenvalue weighted by Crippen LogP contribution is -2.02. The van der Waals surface area contributed by atoms with E-state index in [2.05, 4.69) is 4.40 Å². The highest BCUT2D eigenvalue weighted by atomic mass is 32.2. The quantitative estimate of drug-likeness (QED) is 0.624. The third-order valence-electron chi connectivity index (χ3n) is 2.79. The number of hydrogen-bond donors (Lipinski definition) is 0. The van der Waals surface area contributed by atoms with E-state index in [1.807, 2.05) is 48.9 Å². The molecule has 0 N–H and O–H groups in total. The second-order valence-electron chi connectivity index (χ2n) is 4.10. The van der Waals surface area contributed by atoms with E-state index < -0.39 is 10.0 Å². The Morgan fingerprint density at radius 2 is 1.48 bits per heavy atom. The Bertz CT molecular complexity index is 735. The van der Waals surface area contributed by atoms with Crippen LogP contribution in [0.4, 0.5) is 0 Å². The first-order chi connectivity index (χ1) is 10.1. The Kier molecular flexibility index (Phi) is 5.50. The standard InChI is InChI=1S/C15H15NO2S3/c1-19-15(20-2)16-21(17,18)14-11-7-6-10-13(14)12-8-4-3-5-9-12/h3-11H,1-2H3. The van der Waals surface area contributed by atoms with Crippen LogP contribution < -0.4 is 0 Å². The molecule has 2 aromatic rings. The number of thioether (sulfide) groups is 2. The van der Waals surface area contributed by atoms with Gasteiger partial charge >= 0.3 is 0 Å². The van der Waals surface area contributed by atoms with E-state index in [0.717, 1.165) is 5.56 Å². The summed E-state index contributed by atoms with van der Waals surface area (Å²) in [7, 11) is -3.72. The van der Waals surface area contributed by atoms with Crippen molar-refractivity contribution in [1.82, 2.24) is 0 Å². The number of benzene rings is 2. The average Bonchev–Trinajstić information content (AvgIpc) is 2.53. The second kappa shape index (κ2) is 7.15. The van der Waals surface area contributed by atoms with Crippen LogP contribution >= 0.6 is 23.5 Å². The molecule has 0 spiro atoms. The molecule has 0 heterocycles. The summed E-state index contributed by atoms with van der Waals surface area (Å²) in [6.45, 7) is 0. The third-order valence-corrected chi connectivity index (χ3v) is 6.24. The fourth-order valence-electron chi connectivity index (χ4n) is 1.85. The van der Waals surface area contributed by atoms with Crippen molar-refractivity contribution in [2.24, 2.45) is 4.40 Å². The topological polar surface area (TPSA) is 46.5 Å². The van der Waals surface area contributed by atoms with Gasteiger partial charge in [0.15, 0.2) is 0 Å². The van der Waals surface area contributed by atoms with Crippen molar-refractivity contribution in [2.75, 3.05) is 12.5 Å². The van der Waals surface area contributed by atoms with Gasteiger partial charge in [-0.15, -0.1) is 27.9 Å². The van der Waals surface area contributed by atoms with Crippen LogP contribution in [0.2, 0.25) is 0 Å². The zero-order valence-corrected chi connectivity index (χ0v) is 14.1. The van der Waals surface area contributed by atoms with Gasteiger partial charge in [-0.3, -0.25) is 0 Å². The summed E-state index contributed by atoms with van der Waals surface area (Å²) in [6, 6.07) is 16.4. The molecule has 0 saturated heterocycles. The van der Waals surface area contributed by atoms with Crippen LogP contribution in [0.15, 0.2) is 63.9 Å². The molecule has 0 unspecified atom stereocenters. The predicted molar refractivity (Wildman–Crippen MR) is 93.5 cm³/mol. The van der Waals surface area contributed by atoms with Crippen LogP contribution in [-0.2, 0) is 10.0 Å². The lowest BCUT2D eigenvalue weighted by Gasteiger charge is -2.08. The van der Waals surface area contributed by atoms with Gasteiger partial charge in [0.05, 0.1) is 4.90 Å². The smallest absolute Gasteiger partial charge is 0.199 e. The van der Waals surface area contributed by atoms with Gasteiger partial charge < -0.3 is 0 Å². The molecule has 0 radical (unpaired) electrons. The van der Waals surface area contributed by atoms with Gasteiger partial charge in [0.2, 0.25) is 0 Å². The normalized spacial score (nSPS) is 11.1. The number of nitrogens with zero attached hydrogens (tertiary/aromatic N) is 1. The van der Waals surface area contributed by atoms with Crippen molar-refractivity contribution in [1.29, 1.82) is 0 Å². The molecule has 6 heteroatoms. The number of hydrogen-bond acceptors (Lipinski definition) is 4. The van der Waals surface area contributed by atoms with Gasteiger partial charge in [-0.1, -0.05) is 48.5 Å². The molecular formula is C15H15NO2S3. The second-order valence-corrected chi connectivity index (χ2v) is 7.52. The lowest BCUT2D eigenvalue weighted by molar-refractivity contribution is 0.598. The van der Waals surface area contributed by atoms with Crippen molar-refractivity contribution in [2.45, 2.75) is 4.90 Å². The summed E-state index contributed by atoms with van der Waals surface area (Å²) in [5.41, 5.74) is 1.53. The molecule has 0 aliphatic carbocycles. The van der Waals surface area contributed by atoms with Gasteiger partial charge in [0.25, 0.3) is 10.0 Å². The first kappa shape index (κ1) is 16.1. The minimum Gasteiger partial charge on any atom is -0.199 e. The Balaban J connectivity index is 2.58. The van der Waals surface area contributed by atoms with Gasteiger partial charge in [-0.25, -0.2) is 0 Å². The third kappa shape index (κ3) is 3.90. The number of rotatable bonds is 3. The maximum absolute atomic E-state index is 12.5. The monoisotopic (exact) mass is 337 g/mol. The van der Waals surface area contributed by atoms with E-state index in [1.165, 1.54) is 23.5 Å². The highest BCUT2D eigenvalue weighted by Crippen LogP contribution is 2.29. The first-order valence-electron chi connectivity index (χ1n) is 6.16. The molecule has 110 valence electrons. The molecule has 0 aliphatic rings. The highest BCUT2D eigenvalue weighted by molar-refractivity contribution is 8.38. The van der Waals surface area contributed by atoms with Gasteiger partial charge in [0.1, 0.15) is 4.38 Å². The molecule has 0 bridgehead atoms. The van der Waals surface area contributed by atoms with Crippen molar-refractivity contribution < 1.29 is 8.42 Å². The Morgan fingerprint density at radius 1 is 0.905 bits per heavy atom. The van der Waals surface area contributed by atoms with E-state index in [1.54, 1.807) is 18.2 Å². The van der Waals surface area contributed by atoms with Crippen LogP contribution in [0.3, 0.4) is 0 Å². The predicted octanol–water partition coefficient (Wildman–Crippen LogP) is 4.12. The summed E-state index contributed by atoms with van der Waals surface area (Å²) in [5.74, 6) is 0. The van der Waals surface area contributed by atoms with E-state index in [0.29, 0.717) is 9.94 Å². The lowest BCUT2D eigenvalue weighted by atomic mass is 10.1. The SMILES string of the molecule is CSC(=NS(=O)(=O)c1ccccc1-c1ccccc1)SC. The molecule has 0 saturated carbocycles. The van der Waals surface area contributed by atoms with Crippen molar-refractivity contribution >= 4 is 37.9 Å². The van der Waals surface area contributed by atoms with E-state index in [4.69, 9.17) is 0 Å². The molecule has 0 atom stereocenters. The molecule has 0 amide bonds. The minimum atomic E-state index is -3.72.